The molecule has 1 rings (SSSR count). The van der Waals surface area contributed by atoms with Gasteiger partial charge in [0.25, 0.3) is 5.91 Å². The van der Waals surface area contributed by atoms with Crippen LogP contribution in [0.2, 0.25) is 0 Å². The fraction of sp³-hybridized carbons (Fsp3) is 0.417. The number of rotatable bonds is 6. The minimum absolute atomic E-state index is 0.258. The molecule has 0 fully saturated rings. The van der Waals surface area contributed by atoms with Gasteiger partial charge in [-0.3, -0.25) is 9.52 Å². The third-order valence-electron chi connectivity index (χ3n) is 2.30. The quantitative estimate of drug-likeness (QED) is 0.712. The monoisotopic (exact) mass is 286 g/mol. The minimum Gasteiger partial charge on any atom is -0.393 e. The van der Waals surface area contributed by atoms with Crippen LogP contribution >= 0.6 is 0 Å². The van der Waals surface area contributed by atoms with Crippen molar-refractivity contribution < 1.29 is 18.3 Å². The Morgan fingerprint density at radius 2 is 1.89 bits per heavy atom. The number of hydrogen-bond acceptors (Lipinski definition) is 4. The molecule has 0 aromatic heterocycles. The highest BCUT2D eigenvalue weighted by atomic mass is 32.2. The Hall–Kier alpha value is -1.60. The van der Waals surface area contributed by atoms with Gasteiger partial charge in [0.15, 0.2) is 0 Å². The van der Waals surface area contributed by atoms with Crippen LogP contribution in [-0.4, -0.2) is 38.3 Å². The Morgan fingerprint density at radius 1 is 1.32 bits per heavy atom. The van der Waals surface area contributed by atoms with Gasteiger partial charge in [0.05, 0.1) is 12.4 Å². The number of carbonyl (C=O) groups excluding carboxylic acids is 1. The Kier molecular flexibility index (Phi) is 5.31. The zero-order valence-corrected chi connectivity index (χ0v) is 11.7. The second-order valence-corrected chi connectivity index (χ2v) is 6.09. The van der Waals surface area contributed by atoms with Crippen LogP contribution in [0.25, 0.3) is 0 Å². The van der Waals surface area contributed by atoms with Crippen LogP contribution in [0.3, 0.4) is 0 Å². The molecule has 0 heterocycles. The van der Waals surface area contributed by atoms with Crippen molar-refractivity contribution in [2.75, 3.05) is 17.5 Å². The van der Waals surface area contributed by atoms with Crippen LogP contribution in [0.5, 0.6) is 0 Å². The fourth-order valence-electron chi connectivity index (χ4n) is 1.40. The van der Waals surface area contributed by atoms with E-state index in [-0.39, 0.29) is 5.91 Å². The van der Waals surface area contributed by atoms with E-state index in [0.29, 0.717) is 24.2 Å². The lowest BCUT2D eigenvalue weighted by Crippen LogP contribution is -2.26. The Bertz CT molecular complexity index is 523. The van der Waals surface area contributed by atoms with Gasteiger partial charge in [-0.1, -0.05) is 0 Å². The molecule has 0 radical (unpaired) electrons. The van der Waals surface area contributed by atoms with Crippen molar-refractivity contribution in [1.82, 2.24) is 5.32 Å². The van der Waals surface area contributed by atoms with Crippen LogP contribution in [0, 0.1) is 0 Å². The number of benzene rings is 1. The lowest BCUT2D eigenvalue weighted by Gasteiger charge is -2.08. The maximum Gasteiger partial charge on any atom is 0.251 e. The molecule has 1 amide bonds. The van der Waals surface area contributed by atoms with Gasteiger partial charge in [0.1, 0.15) is 0 Å². The summed E-state index contributed by atoms with van der Waals surface area (Å²) in [6.45, 7) is 2.04. The van der Waals surface area contributed by atoms with Crippen LogP contribution < -0.4 is 10.0 Å². The van der Waals surface area contributed by atoms with Crippen LogP contribution in [-0.2, 0) is 10.0 Å². The molecule has 0 aliphatic heterocycles. The molecule has 7 heteroatoms. The average Bonchev–Trinajstić information content (AvgIpc) is 2.27. The van der Waals surface area contributed by atoms with Gasteiger partial charge in [-0.15, -0.1) is 0 Å². The highest BCUT2D eigenvalue weighted by Gasteiger charge is 2.07. The van der Waals surface area contributed by atoms with Gasteiger partial charge in [-0.05, 0) is 37.6 Å². The van der Waals surface area contributed by atoms with Crippen LogP contribution in [0.15, 0.2) is 24.3 Å². The molecule has 0 saturated heterocycles. The summed E-state index contributed by atoms with van der Waals surface area (Å²) < 4.78 is 24.3. The van der Waals surface area contributed by atoms with Crippen LogP contribution in [0.4, 0.5) is 5.69 Å². The highest BCUT2D eigenvalue weighted by Crippen LogP contribution is 2.10. The summed E-state index contributed by atoms with van der Waals surface area (Å²) in [7, 11) is -3.31. The van der Waals surface area contributed by atoms with Gasteiger partial charge >= 0.3 is 0 Å². The van der Waals surface area contributed by atoms with Gasteiger partial charge in [0, 0.05) is 17.8 Å². The molecule has 1 atom stereocenters. The number of sulfonamides is 1. The predicted octanol–water partition coefficient (Wildman–Crippen LogP) is 0.559. The van der Waals surface area contributed by atoms with E-state index >= 15 is 0 Å². The Morgan fingerprint density at radius 3 is 2.37 bits per heavy atom. The third kappa shape index (κ3) is 6.21. The van der Waals surface area contributed by atoms with E-state index in [0.717, 1.165) is 6.26 Å². The first-order valence-electron chi connectivity index (χ1n) is 5.82. The smallest absolute Gasteiger partial charge is 0.251 e. The predicted molar refractivity (Wildman–Crippen MR) is 73.5 cm³/mol. The normalized spacial score (nSPS) is 12.8. The third-order valence-corrected chi connectivity index (χ3v) is 2.90. The van der Waals surface area contributed by atoms with Gasteiger partial charge < -0.3 is 10.4 Å². The molecule has 3 N–H and O–H groups in total. The van der Waals surface area contributed by atoms with E-state index < -0.39 is 16.1 Å². The molecule has 0 bridgehead atoms. The summed E-state index contributed by atoms with van der Waals surface area (Å²) >= 11 is 0. The summed E-state index contributed by atoms with van der Waals surface area (Å²) in [6, 6.07) is 6.10. The molecule has 6 nitrogen and oxygen atoms in total. The molecule has 106 valence electrons. The maximum atomic E-state index is 11.7. The van der Waals surface area contributed by atoms with Crippen molar-refractivity contribution in [3.63, 3.8) is 0 Å². The Labute approximate surface area is 112 Å². The standard InChI is InChI=1S/C12H18N2O4S/c1-9(15)7-8-13-12(16)10-3-5-11(6-4-10)14-19(2,17)18/h3-6,9,14-15H,7-8H2,1-2H3,(H,13,16). The van der Waals surface area contributed by atoms with Gasteiger partial charge in [0.2, 0.25) is 10.0 Å². The topological polar surface area (TPSA) is 95.5 Å². The first-order chi connectivity index (χ1) is 8.78. The number of nitrogens with one attached hydrogen (secondary N) is 2. The average molecular weight is 286 g/mol. The van der Waals surface area contributed by atoms with E-state index in [1.165, 1.54) is 24.3 Å². The van der Waals surface area contributed by atoms with Crippen molar-refractivity contribution in [2.45, 2.75) is 19.4 Å². The summed E-state index contributed by atoms with van der Waals surface area (Å²) in [5.74, 6) is -0.258. The van der Waals surface area contributed by atoms with E-state index in [2.05, 4.69) is 10.0 Å². The van der Waals surface area contributed by atoms with Crippen molar-refractivity contribution >= 4 is 21.6 Å². The molecule has 0 spiro atoms. The molecule has 1 aromatic carbocycles. The molecule has 0 aliphatic rings. The lowest BCUT2D eigenvalue weighted by atomic mass is 10.2. The number of amides is 1. The zero-order chi connectivity index (χ0) is 14.5. The van der Waals surface area contributed by atoms with E-state index in [4.69, 9.17) is 5.11 Å². The first-order valence-corrected chi connectivity index (χ1v) is 7.71. The molecular weight excluding hydrogens is 268 g/mol. The number of hydrogen-bond donors (Lipinski definition) is 3. The molecular formula is C12H18N2O4S. The van der Waals surface area contributed by atoms with E-state index in [9.17, 15) is 13.2 Å². The van der Waals surface area contributed by atoms with Gasteiger partial charge in [-0.25, -0.2) is 8.42 Å². The van der Waals surface area contributed by atoms with Crippen molar-refractivity contribution in [2.24, 2.45) is 0 Å². The number of anilines is 1. The minimum atomic E-state index is -3.31. The SMILES string of the molecule is CC(O)CCNC(=O)c1ccc(NS(C)(=O)=O)cc1. The fourth-order valence-corrected chi connectivity index (χ4v) is 1.96. The van der Waals surface area contributed by atoms with Crippen molar-refractivity contribution in [1.29, 1.82) is 0 Å². The largest absolute Gasteiger partial charge is 0.393 e. The summed E-state index contributed by atoms with van der Waals surface area (Å²) in [5.41, 5.74) is 0.840. The number of carbonyl (C=O) groups is 1. The van der Waals surface area contributed by atoms with E-state index in [1.807, 2.05) is 0 Å². The highest BCUT2D eigenvalue weighted by molar-refractivity contribution is 7.92. The zero-order valence-electron chi connectivity index (χ0n) is 10.9. The second-order valence-electron chi connectivity index (χ2n) is 4.35. The van der Waals surface area contributed by atoms with Crippen molar-refractivity contribution in [3.05, 3.63) is 29.8 Å². The summed E-state index contributed by atoms with van der Waals surface area (Å²) in [6.07, 6.45) is 1.09. The first kappa shape index (κ1) is 15.5. The molecule has 0 aliphatic carbocycles. The second kappa shape index (κ2) is 6.53. The number of aliphatic hydroxyl groups excluding tert-OH is 1. The van der Waals surface area contributed by atoms with E-state index in [1.54, 1.807) is 6.92 Å². The molecule has 0 saturated carbocycles. The van der Waals surface area contributed by atoms with Gasteiger partial charge in [-0.2, -0.15) is 0 Å². The molecule has 1 aromatic rings. The lowest BCUT2D eigenvalue weighted by molar-refractivity contribution is 0.0945. The maximum absolute atomic E-state index is 11.7. The summed E-state index contributed by atoms with van der Waals surface area (Å²) in [5, 5.41) is 11.7. The summed E-state index contributed by atoms with van der Waals surface area (Å²) in [4.78, 5) is 11.7. The van der Waals surface area contributed by atoms with Crippen LogP contribution in [0.1, 0.15) is 23.7 Å². The number of aliphatic hydroxyl groups is 1. The van der Waals surface area contributed by atoms with Crippen molar-refractivity contribution in [3.8, 4) is 0 Å². The molecule has 1 unspecified atom stereocenters. The molecule has 19 heavy (non-hydrogen) atoms. The Balaban J connectivity index is 2.58.